The number of nitrogens with zero attached hydrogens (tertiary/aromatic N) is 4. The summed E-state index contributed by atoms with van der Waals surface area (Å²) in [4.78, 5) is 0. The van der Waals surface area contributed by atoms with Crippen LogP contribution in [0.5, 0.6) is 0 Å². The Morgan fingerprint density at radius 3 is 2.58 bits per heavy atom. The normalized spacial score (nSPS) is 13.7. The van der Waals surface area contributed by atoms with Crippen molar-refractivity contribution in [1.82, 2.24) is 25.9 Å². The van der Waals surface area contributed by atoms with Gasteiger partial charge in [0.1, 0.15) is 0 Å². The summed E-state index contributed by atoms with van der Waals surface area (Å²) in [5.74, 6) is 0.817. The fraction of sp³-hybridized carbons (Fsp3) is 0.111. The largest absolute Gasteiger partial charge is 0.266 e. The molecule has 0 bridgehead atoms. The predicted molar refractivity (Wildman–Crippen MR) is 93.1 cm³/mol. The number of nitrogens with one attached hydrogen (secondary N) is 2. The molecule has 0 radical (unpaired) electrons. The molecule has 0 spiro atoms. The van der Waals surface area contributed by atoms with Gasteiger partial charge >= 0.3 is 0 Å². The summed E-state index contributed by atoms with van der Waals surface area (Å²) in [7, 11) is 0. The average Bonchev–Trinajstić information content (AvgIpc) is 3.25. The van der Waals surface area contributed by atoms with Crippen LogP contribution in [0.2, 0.25) is 0 Å². The first-order valence-electron chi connectivity index (χ1n) is 7.81. The fourth-order valence-electron chi connectivity index (χ4n) is 2.63. The number of aromatic nitrogens is 2. The minimum Gasteiger partial charge on any atom is -0.266 e. The first kappa shape index (κ1) is 14.5. The Bertz CT molecular complexity index is 851. The summed E-state index contributed by atoms with van der Waals surface area (Å²) < 4.78 is 1.86. The SMILES string of the molecule is Cc1ccc(-n2cc(C3=NNNN3Cc3ccccc3)cn2)cc1. The Hall–Kier alpha value is -3.12. The molecule has 0 unspecified atom stereocenters. The summed E-state index contributed by atoms with van der Waals surface area (Å²) in [6.45, 7) is 2.78. The quantitative estimate of drug-likeness (QED) is 0.775. The van der Waals surface area contributed by atoms with Crippen LogP contribution in [-0.2, 0) is 6.54 Å². The van der Waals surface area contributed by atoms with Crippen molar-refractivity contribution in [3.05, 3.63) is 83.7 Å². The van der Waals surface area contributed by atoms with E-state index in [4.69, 9.17) is 0 Å². The molecule has 2 N–H and O–H groups in total. The molecule has 0 atom stereocenters. The molecular formula is C18H18N6. The summed E-state index contributed by atoms with van der Waals surface area (Å²) >= 11 is 0. The lowest BCUT2D eigenvalue weighted by atomic mass is 10.2. The van der Waals surface area contributed by atoms with Gasteiger partial charge in [-0.25, -0.2) is 10.2 Å². The third-order valence-corrected chi connectivity index (χ3v) is 3.93. The lowest BCUT2D eigenvalue weighted by Crippen LogP contribution is -2.40. The second kappa shape index (κ2) is 6.17. The second-order valence-corrected chi connectivity index (χ2v) is 5.74. The van der Waals surface area contributed by atoms with Crippen LogP contribution < -0.4 is 11.1 Å². The van der Waals surface area contributed by atoms with Crippen LogP contribution in [0.3, 0.4) is 0 Å². The van der Waals surface area contributed by atoms with E-state index in [0.717, 1.165) is 17.1 Å². The Morgan fingerprint density at radius 2 is 1.79 bits per heavy atom. The maximum atomic E-state index is 4.46. The molecule has 0 amide bonds. The maximum absolute atomic E-state index is 4.46. The summed E-state index contributed by atoms with van der Waals surface area (Å²) in [5, 5.41) is 10.8. The van der Waals surface area contributed by atoms with Crippen molar-refractivity contribution in [2.75, 3.05) is 0 Å². The van der Waals surface area contributed by atoms with Crippen LogP contribution in [0.1, 0.15) is 16.7 Å². The van der Waals surface area contributed by atoms with Gasteiger partial charge in [-0.15, -0.1) is 10.6 Å². The van der Waals surface area contributed by atoms with Crippen molar-refractivity contribution in [2.45, 2.75) is 13.5 Å². The van der Waals surface area contributed by atoms with Gasteiger partial charge in [0, 0.05) is 6.20 Å². The third kappa shape index (κ3) is 2.87. The fourth-order valence-corrected chi connectivity index (χ4v) is 2.63. The molecule has 0 saturated heterocycles. The van der Waals surface area contributed by atoms with Gasteiger partial charge < -0.3 is 0 Å². The van der Waals surface area contributed by atoms with E-state index in [1.807, 2.05) is 40.3 Å². The highest BCUT2D eigenvalue weighted by Gasteiger charge is 2.20. The number of hydrazine groups is 2. The lowest BCUT2D eigenvalue weighted by Gasteiger charge is -2.18. The van der Waals surface area contributed by atoms with Gasteiger partial charge in [0.15, 0.2) is 5.84 Å². The number of aryl methyl sites for hydroxylation is 1. The van der Waals surface area contributed by atoms with E-state index in [0.29, 0.717) is 6.54 Å². The van der Waals surface area contributed by atoms with Gasteiger partial charge in [0.2, 0.25) is 0 Å². The number of rotatable bonds is 4. The standard InChI is InChI=1S/C18H18N6/c1-14-7-9-17(10-8-14)23-13-16(11-19-23)18-20-21-22-24(18)12-15-5-3-2-4-6-15/h2-11,13,21-22H,12H2,1H3. The molecule has 0 fully saturated rings. The molecule has 4 rings (SSSR count). The van der Waals surface area contributed by atoms with Crippen molar-refractivity contribution >= 4 is 5.84 Å². The Morgan fingerprint density at radius 1 is 1.00 bits per heavy atom. The number of hydrogen-bond acceptors (Lipinski definition) is 5. The monoisotopic (exact) mass is 318 g/mol. The van der Waals surface area contributed by atoms with Gasteiger partial charge in [-0.05, 0) is 24.6 Å². The zero-order chi connectivity index (χ0) is 16.4. The van der Waals surface area contributed by atoms with Gasteiger partial charge in [0.25, 0.3) is 0 Å². The maximum Gasteiger partial charge on any atom is 0.176 e. The highest BCUT2D eigenvalue weighted by Crippen LogP contribution is 2.14. The molecule has 0 saturated carbocycles. The highest BCUT2D eigenvalue weighted by molar-refractivity contribution is 5.98. The number of amidine groups is 1. The first-order valence-corrected chi connectivity index (χ1v) is 7.81. The molecule has 24 heavy (non-hydrogen) atoms. The molecule has 120 valence electrons. The van der Waals surface area contributed by atoms with Gasteiger partial charge in [-0.1, -0.05) is 48.0 Å². The summed E-state index contributed by atoms with van der Waals surface area (Å²) in [5.41, 5.74) is 10.3. The number of hydrazone groups is 1. The molecule has 1 aliphatic heterocycles. The van der Waals surface area contributed by atoms with Gasteiger partial charge in [-0.2, -0.15) is 5.10 Å². The molecule has 3 aromatic rings. The van der Waals surface area contributed by atoms with E-state index in [-0.39, 0.29) is 0 Å². The molecule has 6 nitrogen and oxygen atoms in total. The van der Waals surface area contributed by atoms with Crippen LogP contribution in [0, 0.1) is 6.92 Å². The number of benzene rings is 2. The average molecular weight is 318 g/mol. The third-order valence-electron chi connectivity index (χ3n) is 3.93. The summed E-state index contributed by atoms with van der Waals surface area (Å²) in [6, 6.07) is 18.5. The van der Waals surface area contributed by atoms with E-state index in [9.17, 15) is 0 Å². The van der Waals surface area contributed by atoms with Crippen LogP contribution in [0.4, 0.5) is 0 Å². The molecule has 6 heteroatoms. The van der Waals surface area contributed by atoms with E-state index < -0.39 is 0 Å². The zero-order valence-electron chi connectivity index (χ0n) is 13.3. The van der Waals surface area contributed by atoms with Crippen LogP contribution >= 0.6 is 0 Å². The van der Waals surface area contributed by atoms with Crippen molar-refractivity contribution in [3.8, 4) is 5.69 Å². The first-order chi connectivity index (χ1) is 11.8. The smallest absolute Gasteiger partial charge is 0.176 e. The molecule has 1 aliphatic rings. The minimum atomic E-state index is 0.711. The Balaban J connectivity index is 1.56. The van der Waals surface area contributed by atoms with E-state index >= 15 is 0 Å². The second-order valence-electron chi connectivity index (χ2n) is 5.74. The Kier molecular flexibility index (Phi) is 3.72. The van der Waals surface area contributed by atoms with Gasteiger partial charge in [0.05, 0.1) is 24.0 Å². The van der Waals surface area contributed by atoms with Crippen LogP contribution in [-0.4, -0.2) is 20.6 Å². The lowest BCUT2D eigenvalue weighted by molar-refractivity contribution is 0.288. The van der Waals surface area contributed by atoms with Gasteiger partial charge in [-0.3, -0.25) is 5.01 Å². The van der Waals surface area contributed by atoms with Crippen molar-refractivity contribution in [1.29, 1.82) is 0 Å². The predicted octanol–water partition coefficient (Wildman–Crippen LogP) is 2.37. The molecule has 0 aliphatic carbocycles. The topological polar surface area (TPSA) is 57.5 Å². The van der Waals surface area contributed by atoms with Crippen molar-refractivity contribution in [2.24, 2.45) is 5.10 Å². The Labute approximate surface area is 140 Å². The molecule has 2 aromatic carbocycles. The van der Waals surface area contributed by atoms with E-state index in [1.165, 1.54) is 11.1 Å². The highest BCUT2D eigenvalue weighted by atomic mass is 15.8. The van der Waals surface area contributed by atoms with E-state index in [1.54, 1.807) is 0 Å². The zero-order valence-corrected chi connectivity index (χ0v) is 13.3. The van der Waals surface area contributed by atoms with Crippen LogP contribution in [0.25, 0.3) is 5.69 Å². The van der Waals surface area contributed by atoms with Crippen LogP contribution in [0.15, 0.2) is 72.1 Å². The number of hydrogen-bond donors (Lipinski definition) is 2. The molecule has 2 heterocycles. The van der Waals surface area contributed by atoms with Crippen molar-refractivity contribution in [3.63, 3.8) is 0 Å². The summed E-state index contributed by atoms with van der Waals surface area (Å²) in [6.07, 6.45) is 3.81. The minimum absolute atomic E-state index is 0.711. The molecular weight excluding hydrogens is 300 g/mol. The van der Waals surface area contributed by atoms with E-state index in [2.05, 4.69) is 64.6 Å². The molecule has 1 aromatic heterocycles. The van der Waals surface area contributed by atoms with Crippen molar-refractivity contribution < 1.29 is 0 Å².